The fraction of sp³-hybridized carbons (Fsp3) is 0.923. The Hall–Kier alpha value is -0.980. The van der Waals surface area contributed by atoms with Crippen LogP contribution in [-0.2, 0) is 0 Å². The molecule has 1 atom stereocenters. The predicted octanol–water partition coefficient (Wildman–Crippen LogP) is 1.86. The molecule has 2 aliphatic rings. The average molecular weight is 292 g/mol. The second-order valence-corrected chi connectivity index (χ2v) is 5.79. The molecule has 116 valence electrons. The smallest absolute Gasteiger partial charge is 0.370 e. The van der Waals surface area contributed by atoms with E-state index in [1.165, 1.54) is 24.2 Å². The van der Waals surface area contributed by atoms with E-state index in [0.29, 0.717) is 25.5 Å². The Labute approximate surface area is 117 Å². The zero-order chi connectivity index (χ0) is 14.6. The van der Waals surface area contributed by atoms with Crippen molar-refractivity contribution < 1.29 is 13.2 Å². The fourth-order valence-electron chi connectivity index (χ4n) is 3.00. The SMILES string of the molecule is NC(=NC1CCCCC1)NC1CCN(CC(F)(F)F)C1. The number of hydrogen-bond acceptors (Lipinski definition) is 2. The van der Waals surface area contributed by atoms with Crippen molar-refractivity contribution in [3.63, 3.8) is 0 Å². The highest BCUT2D eigenvalue weighted by Gasteiger charge is 2.34. The lowest BCUT2D eigenvalue weighted by Gasteiger charge is -2.20. The van der Waals surface area contributed by atoms with Crippen LogP contribution in [0.3, 0.4) is 0 Å². The molecule has 2 fully saturated rings. The van der Waals surface area contributed by atoms with Crippen molar-refractivity contribution in [1.82, 2.24) is 10.2 Å². The molecular weight excluding hydrogens is 269 g/mol. The Balaban J connectivity index is 1.75. The van der Waals surface area contributed by atoms with E-state index >= 15 is 0 Å². The Morgan fingerprint density at radius 1 is 1.20 bits per heavy atom. The van der Waals surface area contributed by atoms with Gasteiger partial charge in [-0.25, -0.2) is 0 Å². The van der Waals surface area contributed by atoms with Crippen LogP contribution in [0.25, 0.3) is 0 Å². The zero-order valence-corrected chi connectivity index (χ0v) is 11.6. The molecule has 7 heteroatoms. The van der Waals surface area contributed by atoms with Crippen molar-refractivity contribution in [3.05, 3.63) is 0 Å². The van der Waals surface area contributed by atoms with Crippen molar-refractivity contribution in [1.29, 1.82) is 0 Å². The number of guanidine groups is 1. The molecule has 0 radical (unpaired) electrons. The predicted molar refractivity (Wildman–Crippen MR) is 72.5 cm³/mol. The van der Waals surface area contributed by atoms with Crippen LogP contribution in [0, 0.1) is 0 Å². The van der Waals surface area contributed by atoms with Gasteiger partial charge in [-0.2, -0.15) is 13.2 Å². The first-order valence-electron chi connectivity index (χ1n) is 7.31. The van der Waals surface area contributed by atoms with Gasteiger partial charge in [-0.3, -0.25) is 9.89 Å². The summed E-state index contributed by atoms with van der Waals surface area (Å²) in [7, 11) is 0. The van der Waals surface area contributed by atoms with E-state index in [4.69, 9.17) is 5.73 Å². The van der Waals surface area contributed by atoms with Gasteiger partial charge in [-0.1, -0.05) is 19.3 Å². The zero-order valence-electron chi connectivity index (χ0n) is 11.6. The number of hydrogen-bond donors (Lipinski definition) is 2. The van der Waals surface area contributed by atoms with Crippen molar-refractivity contribution >= 4 is 5.96 Å². The summed E-state index contributed by atoms with van der Waals surface area (Å²) < 4.78 is 36.9. The fourth-order valence-corrected chi connectivity index (χ4v) is 3.00. The van der Waals surface area contributed by atoms with Gasteiger partial charge in [0.25, 0.3) is 0 Å². The lowest BCUT2D eigenvalue weighted by atomic mass is 9.96. The quantitative estimate of drug-likeness (QED) is 0.616. The maximum atomic E-state index is 12.3. The number of halogens is 3. The normalized spacial score (nSPS) is 26.9. The van der Waals surface area contributed by atoms with Gasteiger partial charge in [0.05, 0.1) is 12.6 Å². The maximum absolute atomic E-state index is 12.3. The molecule has 4 nitrogen and oxygen atoms in total. The molecule has 0 aromatic heterocycles. The Bertz CT molecular complexity index is 337. The first kappa shape index (κ1) is 15.4. The lowest BCUT2D eigenvalue weighted by Crippen LogP contribution is -2.43. The van der Waals surface area contributed by atoms with E-state index in [-0.39, 0.29) is 12.1 Å². The molecule has 1 heterocycles. The summed E-state index contributed by atoms with van der Waals surface area (Å²) in [5.41, 5.74) is 5.86. The average Bonchev–Trinajstić information content (AvgIpc) is 2.75. The van der Waals surface area contributed by atoms with Crippen LogP contribution in [0.2, 0.25) is 0 Å². The van der Waals surface area contributed by atoms with Gasteiger partial charge in [0.1, 0.15) is 0 Å². The van der Waals surface area contributed by atoms with Gasteiger partial charge in [0, 0.05) is 19.1 Å². The summed E-state index contributed by atoms with van der Waals surface area (Å²) in [5, 5.41) is 3.06. The van der Waals surface area contributed by atoms with Crippen LogP contribution in [0.5, 0.6) is 0 Å². The Morgan fingerprint density at radius 3 is 2.55 bits per heavy atom. The molecule has 1 unspecified atom stereocenters. The van der Waals surface area contributed by atoms with E-state index < -0.39 is 12.7 Å². The second-order valence-electron chi connectivity index (χ2n) is 5.79. The molecule has 20 heavy (non-hydrogen) atoms. The van der Waals surface area contributed by atoms with Crippen molar-refractivity contribution in [2.45, 2.75) is 56.8 Å². The molecule has 1 saturated heterocycles. The highest BCUT2D eigenvalue weighted by molar-refractivity contribution is 5.78. The van der Waals surface area contributed by atoms with E-state index in [1.54, 1.807) is 0 Å². The summed E-state index contributed by atoms with van der Waals surface area (Å²) >= 11 is 0. The molecule has 0 amide bonds. The third-order valence-corrected chi connectivity index (χ3v) is 3.92. The van der Waals surface area contributed by atoms with Gasteiger partial charge in [-0.15, -0.1) is 0 Å². The van der Waals surface area contributed by atoms with E-state index in [0.717, 1.165) is 12.8 Å². The first-order valence-corrected chi connectivity index (χ1v) is 7.31. The van der Waals surface area contributed by atoms with Gasteiger partial charge in [0.15, 0.2) is 5.96 Å². The number of nitrogens with zero attached hydrogens (tertiary/aromatic N) is 2. The van der Waals surface area contributed by atoms with E-state index in [2.05, 4.69) is 10.3 Å². The molecule has 0 aromatic rings. The van der Waals surface area contributed by atoms with Crippen LogP contribution in [0.15, 0.2) is 4.99 Å². The third-order valence-electron chi connectivity index (χ3n) is 3.92. The van der Waals surface area contributed by atoms with Crippen LogP contribution in [0.4, 0.5) is 13.2 Å². The molecule has 2 rings (SSSR count). The minimum atomic E-state index is -4.13. The number of aliphatic imine (C=N–C) groups is 1. The number of nitrogens with two attached hydrogens (primary N) is 1. The molecule has 1 aliphatic heterocycles. The van der Waals surface area contributed by atoms with Gasteiger partial charge >= 0.3 is 6.18 Å². The highest BCUT2D eigenvalue weighted by Crippen LogP contribution is 2.21. The Morgan fingerprint density at radius 2 is 1.90 bits per heavy atom. The third kappa shape index (κ3) is 5.19. The topological polar surface area (TPSA) is 53.6 Å². The van der Waals surface area contributed by atoms with E-state index in [1.807, 2.05) is 0 Å². The summed E-state index contributed by atoms with van der Waals surface area (Å²) in [4.78, 5) is 5.85. The number of rotatable bonds is 3. The van der Waals surface area contributed by atoms with Crippen molar-refractivity contribution in [2.24, 2.45) is 10.7 Å². The van der Waals surface area contributed by atoms with E-state index in [9.17, 15) is 13.2 Å². The van der Waals surface area contributed by atoms with Crippen LogP contribution >= 0.6 is 0 Å². The minimum Gasteiger partial charge on any atom is -0.370 e. The molecule has 0 aromatic carbocycles. The standard InChI is InChI=1S/C13H23F3N4/c14-13(15,16)9-20-7-6-11(8-20)19-12(17)18-10-4-2-1-3-5-10/h10-11H,1-9H2,(H3,17,18,19). The van der Waals surface area contributed by atoms with Gasteiger partial charge in [0.2, 0.25) is 0 Å². The van der Waals surface area contributed by atoms with Gasteiger partial charge < -0.3 is 11.1 Å². The number of likely N-dealkylation sites (tertiary alicyclic amines) is 1. The number of nitrogens with one attached hydrogen (secondary N) is 1. The molecule has 0 bridgehead atoms. The van der Waals surface area contributed by atoms with Crippen LogP contribution < -0.4 is 11.1 Å². The highest BCUT2D eigenvalue weighted by atomic mass is 19.4. The maximum Gasteiger partial charge on any atom is 0.401 e. The summed E-state index contributed by atoms with van der Waals surface area (Å²) in [5.74, 6) is 0.385. The van der Waals surface area contributed by atoms with Gasteiger partial charge in [-0.05, 0) is 19.3 Å². The van der Waals surface area contributed by atoms with Crippen molar-refractivity contribution in [3.8, 4) is 0 Å². The molecular formula is C13H23F3N4. The Kier molecular flexibility index (Phi) is 5.12. The monoisotopic (exact) mass is 292 g/mol. The summed E-state index contributed by atoms with van der Waals surface area (Å²) in [6, 6.07) is 0.258. The van der Waals surface area contributed by atoms with Crippen LogP contribution in [-0.4, -0.2) is 48.8 Å². The number of alkyl halides is 3. The minimum absolute atomic E-state index is 0.0234. The molecule has 3 N–H and O–H groups in total. The van der Waals surface area contributed by atoms with Crippen LogP contribution in [0.1, 0.15) is 38.5 Å². The largest absolute Gasteiger partial charge is 0.401 e. The summed E-state index contributed by atoms with van der Waals surface area (Å²) in [6.07, 6.45) is 2.30. The summed E-state index contributed by atoms with van der Waals surface area (Å²) in [6.45, 7) is -0.0147. The molecule has 1 saturated carbocycles. The first-order chi connectivity index (χ1) is 9.42. The second kappa shape index (κ2) is 6.65. The molecule has 0 spiro atoms. The molecule has 1 aliphatic carbocycles. The lowest BCUT2D eigenvalue weighted by molar-refractivity contribution is -0.143. The van der Waals surface area contributed by atoms with Crippen molar-refractivity contribution in [2.75, 3.05) is 19.6 Å².